The van der Waals surface area contributed by atoms with Crippen molar-refractivity contribution in [2.24, 2.45) is 0 Å². The van der Waals surface area contributed by atoms with Crippen LogP contribution in [0.2, 0.25) is 0 Å². The zero-order chi connectivity index (χ0) is 41.9. The van der Waals surface area contributed by atoms with Crippen LogP contribution < -0.4 is 15.9 Å². The van der Waals surface area contributed by atoms with E-state index >= 15 is 4.57 Å². The van der Waals surface area contributed by atoms with E-state index in [-0.39, 0.29) is 0 Å². The highest BCUT2D eigenvalue weighted by atomic mass is 31.2. The summed E-state index contributed by atoms with van der Waals surface area (Å²) in [4.78, 5) is 10.5. The zero-order valence-electron chi connectivity index (χ0n) is 34.1. The highest BCUT2D eigenvalue weighted by Crippen LogP contribution is 2.54. The molecule has 1 unspecified atom stereocenters. The van der Waals surface area contributed by atoms with E-state index in [9.17, 15) is 0 Å². The van der Waals surface area contributed by atoms with E-state index in [2.05, 4.69) is 180 Å². The van der Waals surface area contributed by atoms with Crippen molar-refractivity contribution in [3.63, 3.8) is 0 Å². The van der Waals surface area contributed by atoms with Crippen molar-refractivity contribution in [1.29, 1.82) is 0 Å². The van der Waals surface area contributed by atoms with Crippen LogP contribution in [0.5, 0.6) is 0 Å². The minimum Gasteiger partial charge on any atom is -0.309 e. The van der Waals surface area contributed by atoms with E-state index < -0.39 is 7.14 Å². The molecule has 0 N–H and O–H groups in total. The number of nitrogens with zero attached hydrogens (tertiary/aromatic N) is 3. The number of rotatable bonds is 7. The molecule has 5 heteroatoms. The molecule has 0 fully saturated rings. The third-order valence-electron chi connectivity index (χ3n) is 12.5. The Morgan fingerprint density at radius 2 is 0.873 bits per heavy atom. The lowest BCUT2D eigenvalue weighted by Gasteiger charge is -2.16. The van der Waals surface area contributed by atoms with Gasteiger partial charge in [-0.25, -0.2) is 9.97 Å². The van der Waals surface area contributed by atoms with E-state index in [1.54, 1.807) is 0 Å². The fraction of sp³-hybridized carbons (Fsp3) is 0. The standard InChI is InChI=1S/C58H38N3OP/c62-63(47-18-8-3-9-19-47)54-23-13-11-21-50(54)56-55(63)37-36-49-48-20-10-12-22-53(48)61(57(49)56)46-34-32-45(33-35-46)58-59-51(43-28-24-41(25-29-43)39-14-4-1-5-15-39)38-52(60-58)44-30-26-42(27-31-44)40-16-6-2-7-17-40/h1-38H. The van der Waals surface area contributed by atoms with Crippen molar-refractivity contribution in [3.8, 4) is 73.0 Å². The smallest absolute Gasteiger partial charge is 0.172 e. The van der Waals surface area contributed by atoms with Crippen LogP contribution in [0.4, 0.5) is 0 Å². The monoisotopic (exact) mass is 823 g/mol. The van der Waals surface area contributed by atoms with Crippen molar-refractivity contribution in [3.05, 3.63) is 231 Å². The highest BCUT2D eigenvalue weighted by Gasteiger charge is 2.41. The first-order valence-electron chi connectivity index (χ1n) is 21.3. The Kier molecular flexibility index (Phi) is 8.74. The summed E-state index contributed by atoms with van der Waals surface area (Å²) in [5.74, 6) is 0.647. The van der Waals surface area contributed by atoms with Crippen molar-refractivity contribution >= 4 is 44.9 Å². The van der Waals surface area contributed by atoms with Crippen molar-refractivity contribution in [1.82, 2.24) is 14.5 Å². The van der Waals surface area contributed by atoms with Crippen molar-refractivity contribution in [2.75, 3.05) is 0 Å². The Bertz CT molecular complexity index is 3450. The molecular weight excluding hydrogens is 786 g/mol. The number of hydrogen-bond donors (Lipinski definition) is 0. The normalized spacial score (nSPS) is 14.2. The largest absolute Gasteiger partial charge is 0.309 e. The van der Waals surface area contributed by atoms with Gasteiger partial charge in [-0.05, 0) is 70.3 Å². The van der Waals surface area contributed by atoms with Gasteiger partial charge in [-0.2, -0.15) is 0 Å². The quantitative estimate of drug-likeness (QED) is 0.150. The molecule has 9 aromatic carbocycles. The third-order valence-corrected chi connectivity index (χ3v) is 15.6. The Hall–Kier alpha value is -7.91. The van der Waals surface area contributed by atoms with Gasteiger partial charge in [0.25, 0.3) is 0 Å². The Balaban J connectivity index is 1.00. The number of fused-ring (bicyclic) bond motifs is 7. The summed E-state index contributed by atoms with van der Waals surface area (Å²) < 4.78 is 17.9. The first kappa shape index (κ1) is 36.9. The van der Waals surface area contributed by atoms with E-state index in [0.717, 1.165) is 93.7 Å². The number of benzene rings is 9. The highest BCUT2D eigenvalue weighted by molar-refractivity contribution is 7.86. The molecule has 11 aromatic rings. The Morgan fingerprint density at radius 3 is 1.49 bits per heavy atom. The van der Waals surface area contributed by atoms with E-state index in [1.165, 1.54) is 11.1 Å². The van der Waals surface area contributed by atoms with Gasteiger partial charge in [0.2, 0.25) is 0 Å². The summed E-state index contributed by atoms with van der Waals surface area (Å²) >= 11 is 0. The second-order valence-corrected chi connectivity index (χ2v) is 18.8. The van der Waals surface area contributed by atoms with Gasteiger partial charge in [0.1, 0.15) is 0 Å². The zero-order valence-corrected chi connectivity index (χ0v) is 35.0. The van der Waals surface area contributed by atoms with Crippen LogP contribution in [-0.4, -0.2) is 14.5 Å². The molecule has 0 aliphatic carbocycles. The van der Waals surface area contributed by atoms with Crippen LogP contribution in [0.3, 0.4) is 0 Å². The minimum absolute atomic E-state index is 0.647. The van der Waals surface area contributed by atoms with Gasteiger partial charge in [-0.15, -0.1) is 0 Å². The van der Waals surface area contributed by atoms with Gasteiger partial charge in [-0.3, -0.25) is 0 Å². The molecule has 0 spiro atoms. The second-order valence-electron chi connectivity index (χ2n) is 16.1. The SMILES string of the molecule is O=P1(c2ccccc2)c2ccccc2-c2c1ccc1c3ccccc3n(-c3ccc(-c4nc(-c5ccc(-c6ccccc6)cc5)cc(-c5ccc(-c6ccccc6)cc5)n4)cc3)c21. The van der Waals surface area contributed by atoms with Crippen LogP contribution in [-0.2, 0) is 4.57 Å². The molecule has 12 rings (SSSR count). The fourth-order valence-corrected chi connectivity index (χ4v) is 12.5. The molecule has 3 heterocycles. The van der Waals surface area contributed by atoms with E-state index in [4.69, 9.17) is 9.97 Å². The van der Waals surface area contributed by atoms with Gasteiger partial charge >= 0.3 is 0 Å². The summed E-state index contributed by atoms with van der Waals surface area (Å²) in [6.07, 6.45) is 0. The van der Waals surface area contributed by atoms with Crippen LogP contribution in [0.25, 0.3) is 94.8 Å². The van der Waals surface area contributed by atoms with Crippen LogP contribution in [0.15, 0.2) is 231 Å². The van der Waals surface area contributed by atoms with E-state index in [0.29, 0.717) is 5.82 Å². The summed E-state index contributed by atoms with van der Waals surface area (Å²) in [5.41, 5.74) is 14.5. The fourth-order valence-electron chi connectivity index (χ4n) is 9.41. The van der Waals surface area contributed by atoms with Gasteiger partial charge in [0.05, 0.1) is 22.4 Å². The molecule has 1 aliphatic heterocycles. The Morgan fingerprint density at radius 1 is 0.381 bits per heavy atom. The molecule has 0 bridgehead atoms. The molecular formula is C58H38N3OP. The summed E-state index contributed by atoms with van der Waals surface area (Å²) in [6.45, 7) is 0. The summed E-state index contributed by atoms with van der Waals surface area (Å²) in [5, 5.41) is 4.90. The first-order chi connectivity index (χ1) is 31.1. The maximum Gasteiger partial charge on any atom is 0.172 e. The minimum atomic E-state index is -3.14. The van der Waals surface area contributed by atoms with Crippen LogP contribution >= 0.6 is 7.14 Å². The van der Waals surface area contributed by atoms with Crippen molar-refractivity contribution < 1.29 is 4.57 Å². The van der Waals surface area contributed by atoms with Gasteiger partial charge in [0, 0.05) is 54.6 Å². The van der Waals surface area contributed by atoms with Crippen molar-refractivity contribution in [2.45, 2.75) is 0 Å². The lowest BCUT2D eigenvalue weighted by atomic mass is 10.0. The van der Waals surface area contributed by atoms with Gasteiger partial charge < -0.3 is 9.13 Å². The number of hydrogen-bond acceptors (Lipinski definition) is 3. The molecule has 63 heavy (non-hydrogen) atoms. The Labute approximate surface area is 365 Å². The predicted molar refractivity (Wildman–Crippen MR) is 262 cm³/mol. The maximum atomic E-state index is 15.6. The topological polar surface area (TPSA) is 47.8 Å². The molecule has 0 amide bonds. The lowest BCUT2D eigenvalue weighted by molar-refractivity contribution is 0.593. The lowest BCUT2D eigenvalue weighted by Crippen LogP contribution is -2.20. The molecule has 4 nitrogen and oxygen atoms in total. The molecule has 296 valence electrons. The first-order valence-corrected chi connectivity index (χ1v) is 23.0. The average Bonchev–Trinajstić information content (AvgIpc) is 3.84. The molecule has 1 aliphatic rings. The van der Waals surface area contributed by atoms with Gasteiger partial charge in [-0.1, -0.05) is 188 Å². The molecule has 0 radical (unpaired) electrons. The van der Waals surface area contributed by atoms with Crippen LogP contribution in [0, 0.1) is 0 Å². The number of para-hydroxylation sites is 1. The summed E-state index contributed by atoms with van der Waals surface area (Å²) in [6, 6.07) is 79.8. The maximum absolute atomic E-state index is 15.6. The summed E-state index contributed by atoms with van der Waals surface area (Å²) in [7, 11) is -3.14. The molecule has 2 aromatic heterocycles. The average molecular weight is 824 g/mol. The van der Waals surface area contributed by atoms with Crippen LogP contribution in [0.1, 0.15) is 0 Å². The molecule has 0 saturated heterocycles. The van der Waals surface area contributed by atoms with Gasteiger partial charge in [0.15, 0.2) is 13.0 Å². The predicted octanol–water partition coefficient (Wildman–Crippen LogP) is 13.5. The second kappa shape index (κ2) is 14.9. The molecule has 0 saturated carbocycles. The number of aromatic nitrogens is 3. The molecule has 1 atom stereocenters. The van der Waals surface area contributed by atoms with E-state index in [1.807, 2.05) is 54.6 Å². The third kappa shape index (κ3) is 6.10.